The molecule has 3 aromatic rings. The van der Waals surface area contributed by atoms with Gasteiger partial charge in [0.05, 0.1) is 0 Å². The Bertz CT molecular complexity index is 767. The Morgan fingerprint density at radius 1 is 0.950 bits per heavy atom. The molecule has 20 heavy (non-hydrogen) atoms. The molecule has 5 heteroatoms. The van der Waals surface area contributed by atoms with Crippen molar-refractivity contribution in [2.45, 2.75) is 0 Å². The second-order valence-electron chi connectivity index (χ2n) is 4.32. The molecule has 0 fully saturated rings. The number of nitrogens with zero attached hydrogens (tertiary/aromatic N) is 1. The van der Waals surface area contributed by atoms with Crippen LogP contribution < -0.4 is 11.5 Å². The molecule has 0 aliphatic rings. The van der Waals surface area contributed by atoms with Crippen molar-refractivity contribution in [2.75, 3.05) is 11.5 Å². The molecule has 4 N–H and O–H groups in total. The number of halogens is 1. The molecule has 0 amide bonds. The number of aromatic nitrogens is 1. The van der Waals surface area contributed by atoms with E-state index in [0.29, 0.717) is 10.7 Å². The van der Waals surface area contributed by atoms with E-state index >= 15 is 0 Å². The van der Waals surface area contributed by atoms with E-state index < -0.39 is 0 Å². The minimum absolute atomic E-state index is 0.0541. The van der Waals surface area contributed by atoms with Crippen LogP contribution in [0.3, 0.4) is 0 Å². The molecule has 0 bridgehead atoms. The Kier molecular flexibility index (Phi) is 3.08. The number of nitrogens with two attached hydrogens (primary N) is 2. The van der Waals surface area contributed by atoms with Gasteiger partial charge in [-0.25, -0.2) is 0 Å². The minimum Gasteiger partial charge on any atom is -0.407 e. The summed E-state index contributed by atoms with van der Waals surface area (Å²) in [5, 5.41) is 0.671. The molecule has 0 saturated heterocycles. The van der Waals surface area contributed by atoms with Gasteiger partial charge in [0.15, 0.2) is 0 Å². The summed E-state index contributed by atoms with van der Waals surface area (Å²) in [7, 11) is 0. The van der Waals surface area contributed by atoms with Crippen molar-refractivity contribution in [3.05, 3.63) is 53.6 Å². The fourth-order valence-electron chi connectivity index (χ4n) is 2.14. The summed E-state index contributed by atoms with van der Waals surface area (Å²) in [4.78, 5) is 4.14. The molecular weight excluding hydrogens is 274 g/mol. The fourth-order valence-corrected chi connectivity index (χ4v) is 2.33. The van der Waals surface area contributed by atoms with Crippen molar-refractivity contribution >= 4 is 23.5 Å². The first kappa shape index (κ1) is 12.6. The van der Waals surface area contributed by atoms with Crippen LogP contribution in [-0.2, 0) is 0 Å². The van der Waals surface area contributed by atoms with Crippen LogP contribution in [-0.4, -0.2) is 4.98 Å². The van der Waals surface area contributed by atoms with Gasteiger partial charge in [0, 0.05) is 10.6 Å². The van der Waals surface area contributed by atoms with Crippen LogP contribution in [0.4, 0.5) is 11.9 Å². The first-order valence-corrected chi connectivity index (χ1v) is 6.40. The largest absolute Gasteiger partial charge is 0.407 e. The molecule has 4 nitrogen and oxygen atoms in total. The molecule has 0 aliphatic heterocycles. The van der Waals surface area contributed by atoms with E-state index in [2.05, 4.69) is 4.98 Å². The van der Waals surface area contributed by atoms with Crippen LogP contribution in [0.5, 0.6) is 0 Å². The zero-order valence-corrected chi connectivity index (χ0v) is 11.3. The molecule has 0 atom stereocenters. The first-order chi connectivity index (χ1) is 9.65. The Morgan fingerprint density at radius 3 is 2.35 bits per heavy atom. The highest BCUT2D eigenvalue weighted by molar-refractivity contribution is 6.30. The summed E-state index contributed by atoms with van der Waals surface area (Å²) in [5.41, 5.74) is 14.7. The van der Waals surface area contributed by atoms with Gasteiger partial charge in [-0.15, -0.1) is 0 Å². The second-order valence-corrected chi connectivity index (χ2v) is 4.76. The molecule has 1 heterocycles. The highest BCUT2D eigenvalue weighted by Gasteiger charge is 2.15. The maximum atomic E-state index is 6.05. The Hall–Kier alpha value is -2.46. The number of hydrogen-bond donors (Lipinski definition) is 2. The van der Waals surface area contributed by atoms with Crippen molar-refractivity contribution in [1.82, 2.24) is 4.98 Å². The molecular formula is C15H12ClN3O. The number of hydrogen-bond acceptors (Lipinski definition) is 4. The van der Waals surface area contributed by atoms with E-state index in [4.69, 9.17) is 27.5 Å². The summed E-state index contributed by atoms with van der Waals surface area (Å²) in [6.45, 7) is 0. The zero-order chi connectivity index (χ0) is 14.1. The molecule has 3 rings (SSSR count). The third-order valence-corrected chi connectivity index (χ3v) is 3.22. The van der Waals surface area contributed by atoms with Crippen LogP contribution in [0.1, 0.15) is 0 Å². The van der Waals surface area contributed by atoms with Gasteiger partial charge in [0.25, 0.3) is 6.01 Å². The number of rotatable bonds is 2. The van der Waals surface area contributed by atoms with E-state index in [1.54, 1.807) is 0 Å². The van der Waals surface area contributed by atoms with E-state index in [1.807, 2.05) is 48.5 Å². The Labute approximate surface area is 121 Å². The monoisotopic (exact) mass is 285 g/mol. The summed E-state index contributed by atoms with van der Waals surface area (Å²) in [6, 6.07) is 15.4. The standard InChI is InChI=1S/C15H12ClN3O/c16-10-5-3-4-9(8-10)11-6-1-2-7-12(11)13-14(17)20-15(18)19-13/h1-8H,17H2,(H2,18,19). The van der Waals surface area contributed by atoms with Gasteiger partial charge in [0.1, 0.15) is 5.69 Å². The van der Waals surface area contributed by atoms with Gasteiger partial charge < -0.3 is 15.9 Å². The van der Waals surface area contributed by atoms with Crippen molar-refractivity contribution in [3.63, 3.8) is 0 Å². The maximum Gasteiger partial charge on any atom is 0.294 e. The zero-order valence-electron chi connectivity index (χ0n) is 10.5. The maximum absolute atomic E-state index is 6.05. The Morgan fingerprint density at radius 2 is 1.70 bits per heavy atom. The quantitative estimate of drug-likeness (QED) is 0.750. The highest BCUT2D eigenvalue weighted by atomic mass is 35.5. The van der Waals surface area contributed by atoms with Crippen LogP contribution in [0, 0.1) is 0 Å². The molecule has 0 aliphatic carbocycles. The van der Waals surface area contributed by atoms with Crippen molar-refractivity contribution < 1.29 is 4.42 Å². The number of benzene rings is 2. The number of anilines is 2. The smallest absolute Gasteiger partial charge is 0.294 e. The number of oxazole rings is 1. The van der Waals surface area contributed by atoms with Crippen molar-refractivity contribution in [2.24, 2.45) is 0 Å². The van der Waals surface area contributed by atoms with Gasteiger partial charge in [-0.05, 0) is 23.3 Å². The molecule has 100 valence electrons. The van der Waals surface area contributed by atoms with E-state index in [-0.39, 0.29) is 11.9 Å². The average Bonchev–Trinajstić information content (AvgIpc) is 2.78. The second kappa shape index (κ2) is 4.90. The van der Waals surface area contributed by atoms with Crippen molar-refractivity contribution in [3.8, 4) is 22.4 Å². The van der Waals surface area contributed by atoms with Crippen LogP contribution in [0.15, 0.2) is 52.9 Å². The van der Waals surface area contributed by atoms with Crippen LogP contribution in [0.2, 0.25) is 5.02 Å². The van der Waals surface area contributed by atoms with Crippen molar-refractivity contribution in [1.29, 1.82) is 0 Å². The topological polar surface area (TPSA) is 78.1 Å². The van der Waals surface area contributed by atoms with E-state index in [1.165, 1.54) is 0 Å². The molecule has 1 aromatic heterocycles. The normalized spacial score (nSPS) is 10.7. The molecule has 2 aromatic carbocycles. The summed E-state index contributed by atoms with van der Waals surface area (Å²) < 4.78 is 5.10. The third-order valence-electron chi connectivity index (χ3n) is 2.99. The summed E-state index contributed by atoms with van der Waals surface area (Å²) in [5.74, 6) is 0.206. The van der Waals surface area contributed by atoms with E-state index in [9.17, 15) is 0 Å². The van der Waals surface area contributed by atoms with Gasteiger partial charge in [-0.3, -0.25) is 0 Å². The lowest BCUT2D eigenvalue weighted by molar-refractivity contribution is 0.600. The van der Waals surface area contributed by atoms with Gasteiger partial charge in [-0.2, -0.15) is 4.98 Å². The van der Waals surface area contributed by atoms with Gasteiger partial charge in [-0.1, -0.05) is 48.0 Å². The van der Waals surface area contributed by atoms with Crippen LogP contribution >= 0.6 is 11.6 Å². The highest BCUT2D eigenvalue weighted by Crippen LogP contribution is 2.35. The first-order valence-electron chi connectivity index (χ1n) is 6.02. The predicted molar refractivity (Wildman–Crippen MR) is 81.2 cm³/mol. The van der Waals surface area contributed by atoms with Gasteiger partial charge >= 0.3 is 0 Å². The number of nitrogen functional groups attached to an aromatic ring is 2. The van der Waals surface area contributed by atoms with E-state index in [0.717, 1.165) is 16.7 Å². The molecule has 0 radical (unpaired) electrons. The fraction of sp³-hybridized carbons (Fsp3) is 0. The predicted octanol–water partition coefficient (Wildman–Crippen LogP) is 3.83. The third kappa shape index (κ3) is 2.21. The molecule has 0 spiro atoms. The van der Waals surface area contributed by atoms with Gasteiger partial charge in [0.2, 0.25) is 5.88 Å². The summed E-state index contributed by atoms with van der Waals surface area (Å²) in [6.07, 6.45) is 0. The lowest BCUT2D eigenvalue weighted by Gasteiger charge is -2.08. The lowest BCUT2D eigenvalue weighted by Crippen LogP contribution is -1.90. The minimum atomic E-state index is 0.0541. The lowest BCUT2D eigenvalue weighted by atomic mass is 9.98. The van der Waals surface area contributed by atoms with Crippen LogP contribution in [0.25, 0.3) is 22.4 Å². The molecule has 0 saturated carbocycles. The SMILES string of the molecule is Nc1nc(-c2ccccc2-c2cccc(Cl)c2)c(N)o1. The molecule has 0 unspecified atom stereocenters. The average molecular weight is 286 g/mol. The summed E-state index contributed by atoms with van der Waals surface area (Å²) >= 11 is 6.05. The Balaban J connectivity index is 2.21.